The summed E-state index contributed by atoms with van der Waals surface area (Å²) >= 11 is 6.04. The predicted molar refractivity (Wildman–Crippen MR) is 65.6 cm³/mol. The fourth-order valence-electron chi connectivity index (χ4n) is 1.95. The highest BCUT2D eigenvalue weighted by Crippen LogP contribution is 2.38. The lowest BCUT2D eigenvalue weighted by atomic mass is 10.0. The van der Waals surface area contributed by atoms with Crippen LogP contribution in [-0.4, -0.2) is 28.1 Å². The number of fused-ring (bicyclic) bond motifs is 1. The largest absolute Gasteiger partial charge is 0.466 e. The number of nitrogens with two attached hydrogens (primary N) is 1. The number of primary amides is 1. The minimum Gasteiger partial charge on any atom is -0.466 e. The summed E-state index contributed by atoms with van der Waals surface area (Å²) in [6.45, 7) is 0.512. The van der Waals surface area contributed by atoms with Crippen molar-refractivity contribution in [2.75, 3.05) is 6.79 Å². The summed E-state index contributed by atoms with van der Waals surface area (Å²) in [5, 5.41) is 10.5. The molecule has 3 rings (SSSR count). The molecule has 3 N–H and O–H groups in total. The van der Waals surface area contributed by atoms with Gasteiger partial charge < -0.3 is 15.2 Å². The third-order valence-electron chi connectivity index (χ3n) is 2.71. The van der Waals surface area contributed by atoms with E-state index in [0.29, 0.717) is 28.6 Å². The summed E-state index contributed by atoms with van der Waals surface area (Å²) < 4.78 is 10.6. The van der Waals surface area contributed by atoms with Crippen LogP contribution in [0, 0.1) is 0 Å². The maximum Gasteiger partial charge on any atom is 0.271 e. The number of rotatable bonds is 2. The molecule has 0 atom stereocenters. The fraction of sp³-hybridized carbons (Fsp3) is 0.182. The molecule has 98 valence electrons. The van der Waals surface area contributed by atoms with Crippen LogP contribution in [0.2, 0.25) is 5.02 Å². The highest BCUT2D eigenvalue weighted by molar-refractivity contribution is 6.31. The zero-order valence-electron chi connectivity index (χ0n) is 9.64. The van der Waals surface area contributed by atoms with Gasteiger partial charge in [0.1, 0.15) is 11.4 Å². The molecule has 1 aliphatic rings. The van der Waals surface area contributed by atoms with E-state index in [1.807, 2.05) is 0 Å². The Morgan fingerprint density at radius 2 is 2.26 bits per heavy atom. The van der Waals surface area contributed by atoms with Crippen molar-refractivity contribution < 1.29 is 14.3 Å². The van der Waals surface area contributed by atoms with E-state index in [1.165, 1.54) is 0 Å². The first-order chi connectivity index (χ1) is 9.16. The molecule has 0 unspecified atom stereocenters. The van der Waals surface area contributed by atoms with Gasteiger partial charge in [-0.05, 0) is 12.1 Å². The number of H-pyrrole nitrogens is 1. The van der Waals surface area contributed by atoms with Gasteiger partial charge in [-0.2, -0.15) is 15.4 Å². The van der Waals surface area contributed by atoms with Crippen molar-refractivity contribution in [3.8, 4) is 17.0 Å². The number of halogens is 1. The van der Waals surface area contributed by atoms with Crippen molar-refractivity contribution in [1.82, 2.24) is 15.4 Å². The van der Waals surface area contributed by atoms with E-state index in [-0.39, 0.29) is 12.5 Å². The number of hydrogen-bond donors (Lipinski definition) is 2. The molecule has 1 amide bonds. The first-order valence-corrected chi connectivity index (χ1v) is 5.78. The lowest BCUT2D eigenvalue weighted by Gasteiger charge is -2.20. The highest BCUT2D eigenvalue weighted by Gasteiger charge is 2.23. The summed E-state index contributed by atoms with van der Waals surface area (Å²) in [5.41, 5.74) is 6.95. The van der Waals surface area contributed by atoms with E-state index in [9.17, 15) is 4.79 Å². The Morgan fingerprint density at radius 1 is 1.42 bits per heavy atom. The number of amides is 1. The van der Waals surface area contributed by atoms with E-state index in [4.69, 9.17) is 26.8 Å². The molecule has 1 aromatic heterocycles. The quantitative estimate of drug-likeness (QED) is 0.857. The molecule has 7 nitrogen and oxygen atoms in total. The minimum atomic E-state index is -0.676. The third kappa shape index (κ3) is 2.02. The molecule has 19 heavy (non-hydrogen) atoms. The Kier molecular flexibility index (Phi) is 2.84. The molecule has 2 aromatic rings. The summed E-state index contributed by atoms with van der Waals surface area (Å²) in [6.07, 6.45) is 0. The van der Waals surface area contributed by atoms with Crippen LogP contribution in [0.15, 0.2) is 12.1 Å². The Morgan fingerprint density at radius 3 is 3.05 bits per heavy atom. The number of hydrogen-bond acceptors (Lipinski definition) is 5. The molecule has 0 aliphatic carbocycles. The van der Waals surface area contributed by atoms with E-state index in [2.05, 4.69) is 15.4 Å². The van der Waals surface area contributed by atoms with Gasteiger partial charge in [0.25, 0.3) is 5.91 Å². The van der Waals surface area contributed by atoms with Crippen molar-refractivity contribution in [2.45, 2.75) is 6.61 Å². The van der Waals surface area contributed by atoms with Gasteiger partial charge in [0, 0.05) is 16.1 Å². The summed E-state index contributed by atoms with van der Waals surface area (Å²) in [6, 6.07) is 3.39. The second kappa shape index (κ2) is 4.52. The maximum absolute atomic E-state index is 11.3. The predicted octanol–water partition coefficient (Wildman–Crippen LogP) is 1.09. The van der Waals surface area contributed by atoms with Crippen molar-refractivity contribution in [3.63, 3.8) is 0 Å². The van der Waals surface area contributed by atoms with E-state index in [1.54, 1.807) is 12.1 Å². The standard InChI is InChI=1S/C11H9ClN4O3/c12-6-1-5-3-18-4-19-10(5)7(2-6)8-9(11(13)17)15-16-14-8/h1-2H,3-4H2,(H2,13,17)(H,14,15,16). The normalized spacial score (nSPS) is 13.7. The number of ether oxygens (including phenoxy) is 2. The second-order valence-corrected chi connectivity index (χ2v) is 4.37. The number of benzene rings is 1. The van der Waals surface area contributed by atoms with Crippen LogP contribution in [0.3, 0.4) is 0 Å². The Bertz CT molecular complexity index is 655. The van der Waals surface area contributed by atoms with Crippen molar-refractivity contribution >= 4 is 17.5 Å². The first kappa shape index (κ1) is 11.9. The number of aromatic nitrogens is 3. The smallest absolute Gasteiger partial charge is 0.271 e. The van der Waals surface area contributed by atoms with Crippen LogP contribution in [0.4, 0.5) is 0 Å². The van der Waals surface area contributed by atoms with Gasteiger partial charge in [-0.1, -0.05) is 11.6 Å². The zero-order chi connectivity index (χ0) is 13.4. The molecule has 0 bridgehead atoms. The number of carbonyl (C=O) groups excluding carboxylic acids is 1. The molecular weight excluding hydrogens is 272 g/mol. The summed E-state index contributed by atoms with van der Waals surface area (Å²) in [7, 11) is 0. The van der Waals surface area contributed by atoms with Crippen molar-refractivity contribution in [2.24, 2.45) is 5.73 Å². The third-order valence-corrected chi connectivity index (χ3v) is 2.93. The van der Waals surface area contributed by atoms with Gasteiger partial charge >= 0.3 is 0 Å². The van der Waals surface area contributed by atoms with Crippen molar-refractivity contribution in [1.29, 1.82) is 0 Å². The minimum absolute atomic E-state index is 0.0413. The highest BCUT2D eigenvalue weighted by atomic mass is 35.5. The number of nitrogens with zero attached hydrogens (tertiary/aromatic N) is 2. The van der Waals surface area contributed by atoms with Gasteiger partial charge in [-0.15, -0.1) is 0 Å². The monoisotopic (exact) mass is 280 g/mol. The van der Waals surface area contributed by atoms with Crippen LogP contribution in [0.5, 0.6) is 5.75 Å². The maximum atomic E-state index is 11.3. The molecule has 1 aromatic carbocycles. The molecule has 0 radical (unpaired) electrons. The van der Waals surface area contributed by atoms with Crippen LogP contribution in [0.1, 0.15) is 16.1 Å². The lowest BCUT2D eigenvalue weighted by molar-refractivity contribution is -0.0159. The van der Waals surface area contributed by atoms with E-state index in [0.717, 1.165) is 5.56 Å². The molecule has 0 saturated carbocycles. The lowest BCUT2D eigenvalue weighted by Crippen LogP contribution is -2.15. The molecule has 0 spiro atoms. The van der Waals surface area contributed by atoms with Gasteiger partial charge in [-0.25, -0.2) is 0 Å². The van der Waals surface area contributed by atoms with Crippen LogP contribution < -0.4 is 10.5 Å². The second-order valence-electron chi connectivity index (χ2n) is 3.94. The van der Waals surface area contributed by atoms with E-state index >= 15 is 0 Å². The van der Waals surface area contributed by atoms with Gasteiger partial charge in [0.2, 0.25) is 0 Å². The number of nitrogens with one attached hydrogen (secondary N) is 1. The summed E-state index contributed by atoms with van der Waals surface area (Å²) in [4.78, 5) is 11.3. The van der Waals surface area contributed by atoms with Gasteiger partial charge in [0.05, 0.1) is 6.61 Å². The number of aromatic amines is 1. The average molecular weight is 281 g/mol. The molecule has 8 heteroatoms. The van der Waals surface area contributed by atoms with Crippen LogP contribution >= 0.6 is 11.6 Å². The zero-order valence-corrected chi connectivity index (χ0v) is 10.4. The Balaban J connectivity index is 2.22. The molecule has 0 saturated heterocycles. The SMILES string of the molecule is NC(=O)c1n[nH]nc1-c1cc(Cl)cc2c1OCOC2. The Hall–Kier alpha value is -2.12. The number of carbonyl (C=O) groups is 1. The molecule has 1 aliphatic heterocycles. The van der Waals surface area contributed by atoms with Gasteiger partial charge in [0.15, 0.2) is 12.5 Å². The average Bonchev–Trinajstić information content (AvgIpc) is 2.86. The van der Waals surface area contributed by atoms with E-state index < -0.39 is 5.91 Å². The topological polar surface area (TPSA) is 103 Å². The molecule has 2 heterocycles. The molecule has 0 fully saturated rings. The van der Waals surface area contributed by atoms with Gasteiger partial charge in [-0.3, -0.25) is 4.79 Å². The summed E-state index contributed by atoms with van der Waals surface area (Å²) in [5.74, 6) is -0.100. The molecular formula is C11H9ClN4O3. The Labute approximate surface area is 112 Å². The van der Waals surface area contributed by atoms with Crippen LogP contribution in [-0.2, 0) is 11.3 Å². The van der Waals surface area contributed by atoms with Crippen LogP contribution in [0.25, 0.3) is 11.3 Å². The fourth-order valence-corrected chi connectivity index (χ4v) is 2.19. The van der Waals surface area contributed by atoms with Crippen molar-refractivity contribution in [3.05, 3.63) is 28.4 Å². The first-order valence-electron chi connectivity index (χ1n) is 5.40.